The molecule has 2 aromatic rings. The van der Waals surface area contributed by atoms with Gasteiger partial charge in [-0.2, -0.15) is 0 Å². The molecule has 1 amide bonds. The van der Waals surface area contributed by atoms with E-state index in [0.717, 1.165) is 33.9 Å². The van der Waals surface area contributed by atoms with Gasteiger partial charge in [0.15, 0.2) is 0 Å². The molecular formula is C23H24N2O4. The van der Waals surface area contributed by atoms with Crippen molar-refractivity contribution in [1.82, 2.24) is 10.5 Å². The van der Waals surface area contributed by atoms with Crippen LogP contribution in [0.4, 0.5) is 0 Å². The van der Waals surface area contributed by atoms with Crippen molar-refractivity contribution in [2.24, 2.45) is 5.92 Å². The molecular weight excluding hydrogens is 368 g/mol. The van der Waals surface area contributed by atoms with Gasteiger partial charge in [-0.3, -0.25) is 9.59 Å². The molecule has 0 radical (unpaired) electrons. The lowest BCUT2D eigenvalue weighted by molar-refractivity contribution is -0.147. The van der Waals surface area contributed by atoms with Gasteiger partial charge in [-0.1, -0.05) is 41.6 Å². The van der Waals surface area contributed by atoms with Crippen LogP contribution in [0.3, 0.4) is 0 Å². The number of fused-ring (bicyclic) bond motifs is 1. The summed E-state index contributed by atoms with van der Waals surface area (Å²) in [5.74, 6) is 0.0108. The maximum Gasteiger partial charge on any atom is 0.307 e. The number of aromatic nitrogens is 1. The van der Waals surface area contributed by atoms with Gasteiger partial charge in [-0.05, 0) is 44.4 Å². The van der Waals surface area contributed by atoms with E-state index < -0.39 is 5.41 Å². The van der Waals surface area contributed by atoms with Gasteiger partial charge in [0.1, 0.15) is 5.76 Å². The van der Waals surface area contributed by atoms with Gasteiger partial charge in [-0.15, -0.1) is 0 Å². The number of nitrogens with zero attached hydrogens (tertiary/aromatic N) is 1. The van der Waals surface area contributed by atoms with Crippen molar-refractivity contribution in [2.75, 3.05) is 6.61 Å². The molecule has 1 fully saturated rings. The average Bonchev–Trinajstić information content (AvgIpc) is 3.19. The fraction of sp³-hybridized carbons (Fsp3) is 0.348. The third-order valence-electron chi connectivity index (χ3n) is 5.89. The second-order valence-corrected chi connectivity index (χ2v) is 7.54. The van der Waals surface area contributed by atoms with Crippen molar-refractivity contribution in [3.63, 3.8) is 0 Å². The molecule has 150 valence electrons. The Morgan fingerprint density at radius 1 is 1.28 bits per heavy atom. The van der Waals surface area contributed by atoms with E-state index in [0.29, 0.717) is 6.42 Å². The first-order chi connectivity index (χ1) is 14.0. The van der Waals surface area contributed by atoms with Gasteiger partial charge in [0, 0.05) is 17.2 Å². The number of amides is 1. The lowest BCUT2D eigenvalue weighted by atomic mass is 9.65. The summed E-state index contributed by atoms with van der Waals surface area (Å²) in [6, 6.07) is 9.52. The second-order valence-electron chi connectivity index (χ2n) is 7.54. The highest BCUT2D eigenvalue weighted by Gasteiger charge is 2.56. The third-order valence-corrected chi connectivity index (χ3v) is 5.89. The number of rotatable bonds is 5. The molecule has 2 heterocycles. The van der Waals surface area contributed by atoms with Crippen molar-refractivity contribution in [3.8, 4) is 0 Å². The van der Waals surface area contributed by atoms with Crippen LogP contribution < -0.4 is 5.32 Å². The number of aryl methyl sites for hydroxylation is 2. The molecule has 0 bridgehead atoms. The summed E-state index contributed by atoms with van der Waals surface area (Å²) in [4.78, 5) is 25.9. The Labute approximate surface area is 169 Å². The first-order valence-electron chi connectivity index (χ1n) is 9.84. The Balaban J connectivity index is 1.80. The van der Waals surface area contributed by atoms with Gasteiger partial charge < -0.3 is 14.6 Å². The van der Waals surface area contributed by atoms with Crippen molar-refractivity contribution >= 4 is 17.4 Å². The first kappa shape index (κ1) is 19.2. The van der Waals surface area contributed by atoms with Crippen LogP contribution in [0.5, 0.6) is 0 Å². The summed E-state index contributed by atoms with van der Waals surface area (Å²) in [6.07, 6.45) is 4.53. The largest absolute Gasteiger partial charge is 0.466 e. The van der Waals surface area contributed by atoms with E-state index in [1.54, 1.807) is 6.92 Å². The fourth-order valence-electron chi connectivity index (χ4n) is 4.61. The van der Waals surface area contributed by atoms with Crippen molar-refractivity contribution in [2.45, 2.75) is 39.0 Å². The van der Waals surface area contributed by atoms with Crippen LogP contribution in [0, 0.1) is 19.8 Å². The molecule has 29 heavy (non-hydrogen) atoms. The predicted molar refractivity (Wildman–Crippen MR) is 108 cm³/mol. The molecule has 1 aliphatic heterocycles. The summed E-state index contributed by atoms with van der Waals surface area (Å²) in [6.45, 7) is 5.85. The van der Waals surface area contributed by atoms with Crippen molar-refractivity contribution in [3.05, 3.63) is 70.8 Å². The number of nitrogens with one attached hydrogen (secondary N) is 1. The fourth-order valence-corrected chi connectivity index (χ4v) is 4.61. The molecule has 1 aromatic heterocycles. The molecule has 1 saturated heterocycles. The number of allylic oxidation sites excluding steroid dienone is 4. The van der Waals surface area contributed by atoms with E-state index in [-0.39, 0.29) is 30.8 Å². The van der Waals surface area contributed by atoms with Gasteiger partial charge in [0.05, 0.1) is 24.1 Å². The highest BCUT2D eigenvalue weighted by molar-refractivity contribution is 5.98. The van der Waals surface area contributed by atoms with Gasteiger partial charge >= 0.3 is 5.97 Å². The number of hydrogen-bond donors (Lipinski definition) is 1. The number of benzene rings is 1. The van der Waals surface area contributed by atoms with E-state index in [9.17, 15) is 9.59 Å². The standard InChI is InChI=1S/C23H24N2O4/c1-4-28-20(26)13-23(17-8-6-5-7-9-17)18-12-16(10-11-19(18)24-22(23)27)21-14(2)25-29-15(21)3/h5-11,18H,4,12-13H2,1-3H3,(H,24,27). The first-order valence-corrected chi connectivity index (χ1v) is 9.84. The van der Waals surface area contributed by atoms with Crippen molar-refractivity contribution in [1.29, 1.82) is 0 Å². The zero-order valence-electron chi connectivity index (χ0n) is 16.8. The molecule has 1 N–H and O–H groups in total. The lowest BCUT2D eigenvalue weighted by Crippen LogP contribution is -2.42. The minimum absolute atomic E-state index is 0.00637. The topological polar surface area (TPSA) is 81.4 Å². The Morgan fingerprint density at radius 3 is 2.69 bits per heavy atom. The molecule has 2 aliphatic rings. The quantitative estimate of drug-likeness (QED) is 0.787. The Kier molecular flexibility index (Phi) is 4.86. The highest BCUT2D eigenvalue weighted by atomic mass is 16.5. The SMILES string of the molecule is CCOC(=O)CC1(c2ccccc2)C(=O)NC2=CC=C(c3c(C)noc3C)CC21. The maximum atomic E-state index is 13.3. The number of carbonyl (C=O) groups is 2. The molecule has 6 nitrogen and oxygen atoms in total. The van der Waals surface area contributed by atoms with E-state index in [1.807, 2.05) is 56.3 Å². The number of carbonyl (C=O) groups excluding carboxylic acids is 2. The van der Waals surface area contributed by atoms with E-state index >= 15 is 0 Å². The van der Waals surface area contributed by atoms with E-state index in [2.05, 4.69) is 10.5 Å². The number of hydrogen-bond acceptors (Lipinski definition) is 5. The Bertz CT molecular complexity index is 999. The highest BCUT2D eigenvalue weighted by Crippen LogP contribution is 2.50. The van der Waals surface area contributed by atoms with Crippen LogP contribution in [0.15, 0.2) is 52.7 Å². The Hall–Kier alpha value is -3.15. The minimum atomic E-state index is -1.02. The van der Waals surface area contributed by atoms with Crippen LogP contribution in [0.2, 0.25) is 0 Å². The second kappa shape index (κ2) is 7.35. The smallest absolute Gasteiger partial charge is 0.307 e. The number of ether oxygens (including phenoxy) is 1. The monoisotopic (exact) mass is 392 g/mol. The minimum Gasteiger partial charge on any atom is -0.466 e. The zero-order chi connectivity index (χ0) is 20.6. The molecule has 0 saturated carbocycles. The molecule has 6 heteroatoms. The van der Waals surface area contributed by atoms with Crippen LogP contribution >= 0.6 is 0 Å². The predicted octanol–water partition coefficient (Wildman–Crippen LogP) is 3.60. The zero-order valence-corrected chi connectivity index (χ0v) is 16.8. The molecule has 1 aliphatic carbocycles. The van der Waals surface area contributed by atoms with Crippen LogP contribution in [-0.2, 0) is 19.7 Å². The van der Waals surface area contributed by atoms with Gasteiger partial charge in [0.2, 0.25) is 5.91 Å². The summed E-state index contributed by atoms with van der Waals surface area (Å²) in [7, 11) is 0. The van der Waals surface area contributed by atoms with Gasteiger partial charge in [0.25, 0.3) is 0 Å². The summed E-state index contributed by atoms with van der Waals surface area (Å²) in [5.41, 5.74) is 3.47. The summed E-state index contributed by atoms with van der Waals surface area (Å²) < 4.78 is 10.6. The van der Waals surface area contributed by atoms with E-state index in [1.165, 1.54) is 0 Å². The van der Waals surface area contributed by atoms with Crippen LogP contribution in [-0.4, -0.2) is 23.6 Å². The van der Waals surface area contributed by atoms with Crippen LogP contribution in [0.1, 0.15) is 42.3 Å². The van der Waals surface area contributed by atoms with E-state index in [4.69, 9.17) is 9.26 Å². The molecule has 2 unspecified atom stereocenters. The third kappa shape index (κ3) is 3.09. The Morgan fingerprint density at radius 2 is 2.03 bits per heavy atom. The summed E-state index contributed by atoms with van der Waals surface area (Å²) >= 11 is 0. The molecule has 4 rings (SSSR count). The van der Waals surface area contributed by atoms with Crippen molar-refractivity contribution < 1.29 is 18.8 Å². The molecule has 2 atom stereocenters. The molecule has 1 aromatic carbocycles. The van der Waals surface area contributed by atoms with Gasteiger partial charge in [-0.25, -0.2) is 0 Å². The number of esters is 1. The normalized spacial score (nSPS) is 23.1. The molecule has 0 spiro atoms. The lowest BCUT2D eigenvalue weighted by Gasteiger charge is -2.34. The maximum absolute atomic E-state index is 13.3. The average molecular weight is 392 g/mol. The van der Waals surface area contributed by atoms with Crippen LogP contribution in [0.25, 0.3) is 5.57 Å². The summed E-state index contributed by atoms with van der Waals surface area (Å²) in [5, 5.41) is 7.08.